The van der Waals surface area contributed by atoms with Crippen LogP contribution in [0.15, 0.2) is 22.9 Å². The van der Waals surface area contributed by atoms with Crippen LogP contribution in [0.1, 0.15) is 12.5 Å². The number of carbonyl (C=O) groups is 1. The Labute approximate surface area is 86.9 Å². The summed E-state index contributed by atoms with van der Waals surface area (Å²) in [6.45, 7) is 2.08. The molecule has 0 aliphatic rings. The fraction of sp³-hybridized carbons (Fsp3) is 0.273. The van der Waals surface area contributed by atoms with Crippen molar-refractivity contribution in [1.29, 1.82) is 0 Å². The molecule has 0 N–H and O–H groups in total. The first-order valence-electron chi connectivity index (χ1n) is 4.78. The Morgan fingerprint density at radius 2 is 2.40 bits per heavy atom. The highest BCUT2D eigenvalue weighted by Crippen LogP contribution is 2.27. The number of nitrogens with zero attached hydrogens (tertiary/aromatic N) is 1. The lowest BCUT2D eigenvalue weighted by molar-refractivity contribution is -0.109. The maximum absolute atomic E-state index is 10.2. The molecule has 1 heterocycles. The van der Waals surface area contributed by atoms with Crippen molar-refractivity contribution in [2.75, 3.05) is 6.61 Å². The van der Waals surface area contributed by atoms with Crippen molar-refractivity contribution in [1.82, 2.24) is 4.98 Å². The van der Waals surface area contributed by atoms with Gasteiger partial charge >= 0.3 is 0 Å². The first-order valence-corrected chi connectivity index (χ1v) is 4.78. The van der Waals surface area contributed by atoms with Gasteiger partial charge in [-0.25, -0.2) is 4.98 Å². The lowest BCUT2D eigenvalue weighted by Crippen LogP contribution is -1.98. The number of fused-ring (bicyclic) bond motifs is 1. The maximum Gasteiger partial charge on any atom is 0.182 e. The van der Waals surface area contributed by atoms with Crippen LogP contribution in [0.5, 0.6) is 5.75 Å². The van der Waals surface area contributed by atoms with Crippen LogP contribution < -0.4 is 4.74 Å². The summed E-state index contributed by atoms with van der Waals surface area (Å²) >= 11 is 0. The van der Waals surface area contributed by atoms with Crippen molar-refractivity contribution in [3.8, 4) is 5.75 Å². The van der Waals surface area contributed by atoms with Gasteiger partial charge in [-0.15, -0.1) is 0 Å². The van der Waals surface area contributed by atoms with E-state index in [0.29, 0.717) is 17.6 Å². The fourth-order valence-electron chi connectivity index (χ4n) is 1.50. The monoisotopic (exact) mass is 205 g/mol. The molecular weight excluding hydrogens is 194 g/mol. The molecule has 78 valence electrons. The van der Waals surface area contributed by atoms with E-state index in [9.17, 15) is 4.79 Å². The van der Waals surface area contributed by atoms with E-state index < -0.39 is 0 Å². The fourth-order valence-corrected chi connectivity index (χ4v) is 1.50. The number of aromatic nitrogens is 1. The summed E-state index contributed by atoms with van der Waals surface area (Å²) in [6, 6.07) is 3.74. The van der Waals surface area contributed by atoms with Crippen LogP contribution in [0.3, 0.4) is 0 Å². The Balaban J connectivity index is 2.48. The van der Waals surface area contributed by atoms with Gasteiger partial charge in [-0.3, -0.25) is 4.79 Å². The number of carbonyl (C=O) groups excluding carboxylic acids is 1. The molecule has 2 aromatic rings. The first-order chi connectivity index (χ1) is 7.36. The minimum absolute atomic E-state index is 0.0352. The van der Waals surface area contributed by atoms with Crippen molar-refractivity contribution < 1.29 is 13.9 Å². The van der Waals surface area contributed by atoms with Crippen molar-refractivity contribution in [3.05, 3.63) is 24.1 Å². The molecule has 4 heteroatoms. The maximum atomic E-state index is 10.2. The SMILES string of the molecule is CCc1ccc(OCC=O)c2ncoc12. The Morgan fingerprint density at radius 1 is 1.53 bits per heavy atom. The van der Waals surface area contributed by atoms with Gasteiger partial charge in [0.15, 0.2) is 23.8 Å². The van der Waals surface area contributed by atoms with Crippen LogP contribution in [0.25, 0.3) is 11.1 Å². The van der Waals surface area contributed by atoms with E-state index in [-0.39, 0.29) is 6.61 Å². The number of aryl methyl sites for hydroxylation is 1. The molecule has 2 rings (SSSR count). The average molecular weight is 205 g/mol. The predicted molar refractivity (Wildman–Crippen MR) is 54.9 cm³/mol. The van der Waals surface area contributed by atoms with E-state index in [1.54, 1.807) is 0 Å². The van der Waals surface area contributed by atoms with Gasteiger partial charge < -0.3 is 9.15 Å². The van der Waals surface area contributed by atoms with Crippen molar-refractivity contribution >= 4 is 17.4 Å². The first kappa shape index (κ1) is 9.71. The summed E-state index contributed by atoms with van der Waals surface area (Å²) in [5.41, 5.74) is 2.50. The van der Waals surface area contributed by atoms with Crippen LogP contribution in [0.4, 0.5) is 0 Å². The van der Waals surface area contributed by atoms with Crippen molar-refractivity contribution in [2.45, 2.75) is 13.3 Å². The summed E-state index contributed by atoms with van der Waals surface area (Å²) in [5, 5.41) is 0. The molecule has 0 aliphatic heterocycles. The van der Waals surface area contributed by atoms with Crippen LogP contribution in [-0.2, 0) is 11.2 Å². The number of aldehydes is 1. The smallest absolute Gasteiger partial charge is 0.182 e. The molecule has 1 aromatic carbocycles. The summed E-state index contributed by atoms with van der Waals surface area (Å²) in [5.74, 6) is 0.586. The Bertz CT molecular complexity index is 476. The van der Waals surface area contributed by atoms with Crippen LogP contribution in [0.2, 0.25) is 0 Å². The lowest BCUT2D eigenvalue weighted by atomic mass is 10.1. The highest BCUT2D eigenvalue weighted by Gasteiger charge is 2.09. The average Bonchev–Trinajstić information content (AvgIpc) is 2.74. The van der Waals surface area contributed by atoms with Crippen LogP contribution in [0, 0.1) is 0 Å². The third kappa shape index (κ3) is 1.70. The molecular formula is C11H11NO3. The molecule has 0 bridgehead atoms. The third-order valence-electron chi connectivity index (χ3n) is 2.22. The molecule has 0 saturated carbocycles. The van der Waals surface area contributed by atoms with Crippen molar-refractivity contribution in [3.63, 3.8) is 0 Å². The van der Waals surface area contributed by atoms with Gasteiger partial charge in [0, 0.05) is 0 Å². The number of hydrogen-bond acceptors (Lipinski definition) is 4. The second kappa shape index (κ2) is 4.13. The number of benzene rings is 1. The van der Waals surface area contributed by atoms with Gasteiger partial charge in [-0.05, 0) is 18.1 Å². The van der Waals surface area contributed by atoms with E-state index >= 15 is 0 Å². The summed E-state index contributed by atoms with van der Waals surface area (Å²) < 4.78 is 10.5. The molecule has 0 radical (unpaired) electrons. The summed E-state index contributed by atoms with van der Waals surface area (Å²) in [4.78, 5) is 14.3. The van der Waals surface area contributed by atoms with Gasteiger partial charge in [0.1, 0.15) is 12.4 Å². The third-order valence-corrected chi connectivity index (χ3v) is 2.22. The second-order valence-corrected chi connectivity index (χ2v) is 3.08. The molecule has 0 spiro atoms. The zero-order valence-corrected chi connectivity index (χ0v) is 8.40. The van der Waals surface area contributed by atoms with Gasteiger partial charge in [0.25, 0.3) is 0 Å². The summed E-state index contributed by atoms with van der Waals surface area (Å²) in [7, 11) is 0. The molecule has 0 unspecified atom stereocenters. The molecule has 15 heavy (non-hydrogen) atoms. The topological polar surface area (TPSA) is 52.3 Å². The van der Waals surface area contributed by atoms with Gasteiger partial charge in [-0.2, -0.15) is 0 Å². The zero-order valence-electron chi connectivity index (χ0n) is 8.40. The Morgan fingerprint density at radius 3 is 3.13 bits per heavy atom. The number of rotatable bonds is 4. The molecule has 0 amide bonds. The standard InChI is InChI=1S/C11H11NO3/c1-2-8-3-4-9(14-6-5-13)10-11(8)15-7-12-10/h3-5,7H,2,6H2,1H3. The largest absolute Gasteiger partial charge is 0.484 e. The number of hydrogen-bond donors (Lipinski definition) is 0. The van der Waals surface area contributed by atoms with Crippen LogP contribution >= 0.6 is 0 Å². The zero-order chi connectivity index (χ0) is 10.7. The minimum Gasteiger partial charge on any atom is -0.484 e. The molecule has 4 nitrogen and oxygen atoms in total. The van der Waals surface area contributed by atoms with Gasteiger partial charge in [0.2, 0.25) is 0 Å². The molecule has 0 saturated heterocycles. The summed E-state index contributed by atoms with van der Waals surface area (Å²) in [6.07, 6.45) is 2.97. The normalized spacial score (nSPS) is 10.5. The minimum atomic E-state index is 0.0352. The van der Waals surface area contributed by atoms with E-state index in [1.165, 1.54) is 6.39 Å². The lowest BCUT2D eigenvalue weighted by Gasteiger charge is -2.04. The molecule has 0 atom stereocenters. The number of oxazole rings is 1. The highest BCUT2D eigenvalue weighted by atomic mass is 16.5. The van der Waals surface area contributed by atoms with E-state index in [2.05, 4.69) is 4.98 Å². The highest BCUT2D eigenvalue weighted by molar-refractivity contribution is 5.82. The van der Waals surface area contributed by atoms with Crippen LogP contribution in [-0.4, -0.2) is 17.9 Å². The van der Waals surface area contributed by atoms with Crippen molar-refractivity contribution in [2.24, 2.45) is 0 Å². The molecule has 0 aliphatic carbocycles. The van der Waals surface area contributed by atoms with E-state index in [4.69, 9.17) is 9.15 Å². The van der Waals surface area contributed by atoms with Gasteiger partial charge in [-0.1, -0.05) is 13.0 Å². The number of ether oxygens (including phenoxy) is 1. The molecule has 0 fully saturated rings. The Hall–Kier alpha value is -1.84. The Kier molecular flexibility index (Phi) is 2.67. The predicted octanol–water partition coefficient (Wildman–Crippen LogP) is 1.97. The molecule has 1 aromatic heterocycles. The van der Waals surface area contributed by atoms with Gasteiger partial charge in [0.05, 0.1) is 0 Å². The van der Waals surface area contributed by atoms with E-state index in [1.807, 2.05) is 19.1 Å². The quantitative estimate of drug-likeness (QED) is 0.716. The second-order valence-electron chi connectivity index (χ2n) is 3.08. The van der Waals surface area contributed by atoms with E-state index in [0.717, 1.165) is 17.6 Å².